The molecule has 3 aromatic rings. The van der Waals surface area contributed by atoms with Crippen LogP contribution < -0.4 is 4.74 Å². The Morgan fingerprint density at radius 3 is 2.59 bits per heavy atom. The number of halogens is 2. The molecule has 0 fully saturated rings. The van der Waals surface area contributed by atoms with E-state index in [1.807, 2.05) is 0 Å². The number of hydrogen-bond donors (Lipinski definition) is 1. The van der Waals surface area contributed by atoms with Gasteiger partial charge in [0.05, 0.1) is 18.7 Å². The van der Waals surface area contributed by atoms with Crippen molar-refractivity contribution in [2.45, 2.75) is 20.0 Å². The van der Waals surface area contributed by atoms with Crippen LogP contribution in [0, 0.1) is 25.1 Å². The molecule has 0 saturated heterocycles. The fourth-order valence-corrected chi connectivity index (χ4v) is 2.84. The lowest BCUT2D eigenvalue weighted by Crippen LogP contribution is -2.04. The molecule has 0 bridgehead atoms. The third kappa shape index (κ3) is 4.74. The second-order valence-electron chi connectivity index (χ2n) is 6.37. The Bertz CT molecular complexity index is 1120. The molecular weight excluding hydrogens is 378 g/mol. The summed E-state index contributed by atoms with van der Waals surface area (Å²) in [7, 11) is 0. The van der Waals surface area contributed by atoms with Crippen LogP contribution in [0.2, 0.25) is 0 Å². The standard InChI is InChI=1S/C22H16F2N2O3/c1-13-8-15(9-22(27)28)19(24)11-17(13)20-4-3-5-21(26-20)29-12-14-6-7-16(25-2)10-18(14)23/h3-8,10-11H,9,12H2,1H3,(H,27,28). The molecule has 0 spiro atoms. The van der Waals surface area contributed by atoms with Gasteiger partial charge < -0.3 is 9.84 Å². The van der Waals surface area contributed by atoms with Gasteiger partial charge in [-0.25, -0.2) is 18.6 Å². The van der Waals surface area contributed by atoms with Crippen molar-refractivity contribution in [1.29, 1.82) is 0 Å². The second kappa shape index (κ2) is 8.48. The number of ether oxygens (including phenoxy) is 1. The van der Waals surface area contributed by atoms with Gasteiger partial charge in [-0.1, -0.05) is 24.3 Å². The number of aryl methyl sites for hydroxylation is 1. The molecule has 1 heterocycles. The number of aliphatic carboxylic acids is 1. The molecule has 5 nitrogen and oxygen atoms in total. The molecule has 0 aliphatic carbocycles. The highest BCUT2D eigenvalue weighted by Crippen LogP contribution is 2.27. The number of rotatable bonds is 6. The number of carboxylic acid groups (broad SMARTS) is 1. The summed E-state index contributed by atoms with van der Waals surface area (Å²) in [5, 5.41) is 8.87. The normalized spacial score (nSPS) is 10.4. The van der Waals surface area contributed by atoms with Gasteiger partial charge in [0.2, 0.25) is 5.88 Å². The first-order valence-electron chi connectivity index (χ1n) is 8.64. The van der Waals surface area contributed by atoms with E-state index in [1.54, 1.807) is 25.1 Å². The summed E-state index contributed by atoms with van der Waals surface area (Å²) >= 11 is 0. The van der Waals surface area contributed by atoms with Crippen molar-refractivity contribution in [1.82, 2.24) is 4.98 Å². The predicted octanol–water partition coefficient (Wildman–Crippen LogP) is 5.09. The number of pyridine rings is 1. The lowest BCUT2D eigenvalue weighted by molar-refractivity contribution is -0.136. The Hall–Kier alpha value is -3.79. The maximum Gasteiger partial charge on any atom is 0.307 e. The molecule has 146 valence electrons. The SMILES string of the molecule is [C-]#[N+]c1ccc(COc2cccc(-c3cc(F)c(CC(=O)O)cc3C)n2)c(F)c1. The number of carbonyl (C=O) groups is 1. The minimum atomic E-state index is -1.11. The van der Waals surface area contributed by atoms with Gasteiger partial charge in [0, 0.05) is 17.2 Å². The van der Waals surface area contributed by atoms with E-state index in [1.165, 1.54) is 24.3 Å². The van der Waals surface area contributed by atoms with Crippen LogP contribution in [-0.4, -0.2) is 16.1 Å². The third-order valence-corrected chi connectivity index (χ3v) is 4.28. The van der Waals surface area contributed by atoms with Crippen molar-refractivity contribution in [2.24, 2.45) is 0 Å². The van der Waals surface area contributed by atoms with E-state index < -0.39 is 24.0 Å². The first-order valence-corrected chi connectivity index (χ1v) is 8.64. The van der Waals surface area contributed by atoms with E-state index in [4.69, 9.17) is 16.4 Å². The van der Waals surface area contributed by atoms with E-state index in [0.717, 1.165) is 6.07 Å². The van der Waals surface area contributed by atoms with Crippen molar-refractivity contribution in [3.63, 3.8) is 0 Å². The lowest BCUT2D eigenvalue weighted by Gasteiger charge is -2.11. The quantitative estimate of drug-likeness (QED) is 0.592. The summed E-state index contributed by atoms with van der Waals surface area (Å²) in [4.78, 5) is 18.3. The van der Waals surface area contributed by atoms with E-state index in [0.29, 0.717) is 16.8 Å². The molecule has 0 radical (unpaired) electrons. The largest absolute Gasteiger partial charge is 0.481 e. The molecule has 29 heavy (non-hydrogen) atoms. The summed E-state index contributed by atoms with van der Waals surface area (Å²) in [6.45, 7) is 8.55. The number of aromatic nitrogens is 1. The Labute approximate surface area is 166 Å². The highest BCUT2D eigenvalue weighted by atomic mass is 19.1. The van der Waals surface area contributed by atoms with Crippen molar-refractivity contribution in [2.75, 3.05) is 0 Å². The molecule has 2 aromatic carbocycles. The van der Waals surface area contributed by atoms with Crippen LogP contribution in [-0.2, 0) is 17.8 Å². The molecule has 0 aliphatic heterocycles. The van der Waals surface area contributed by atoms with E-state index in [9.17, 15) is 13.6 Å². The van der Waals surface area contributed by atoms with Gasteiger partial charge in [0.25, 0.3) is 0 Å². The van der Waals surface area contributed by atoms with E-state index >= 15 is 0 Å². The highest BCUT2D eigenvalue weighted by molar-refractivity contribution is 5.72. The predicted molar refractivity (Wildman–Crippen MR) is 103 cm³/mol. The molecule has 1 aromatic heterocycles. The molecule has 0 amide bonds. The topological polar surface area (TPSA) is 63.8 Å². The molecule has 1 N–H and O–H groups in total. The van der Waals surface area contributed by atoms with Crippen LogP contribution in [0.3, 0.4) is 0 Å². The van der Waals surface area contributed by atoms with E-state index in [2.05, 4.69) is 9.83 Å². The molecule has 3 rings (SSSR count). The minimum absolute atomic E-state index is 0.0779. The summed E-state index contributed by atoms with van der Waals surface area (Å²) in [5.41, 5.74) is 2.22. The maximum absolute atomic E-state index is 14.3. The van der Waals surface area contributed by atoms with Crippen LogP contribution in [0.4, 0.5) is 14.5 Å². The summed E-state index contributed by atoms with van der Waals surface area (Å²) in [5.74, 6) is -2.04. The van der Waals surface area contributed by atoms with Crippen LogP contribution in [0.5, 0.6) is 5.88 Å². The number of carboxylic acids is 1. The molecule has 7 heteroatoms. The third-order valence-electron chi connectivity index (χ3n) is 4.28. The first-order chi connectivity index (χ1) is 13.9. The van der Waals surface area contributed by atoms with Gasteiger partial charge in [-0.15, -0.1) is 0 Å². The van der Waals surface area contributed by atoms with Crippen LogP contribution in [0.15, 0.2) is 48.5 Å². The molecule has 0 unspecified atom stereocenters. The lowest BCUT2D eigenvalue weighted by atomic mass is 10.00. The van der Waals surface area contributed by atoms with Gasteiger partial charge in [0.15, 0.2) is 5.69 Å². The van der Waals surface area contributed by atoms with Crippen molar-refractivity contribution in [3.8, 4) is 17.1 Å². The fourth-order valence-electron chi connectivity index (χ4n) is 2.84. The molecule has 0 atom stereocenters. The number of benzene rings is 2. The van der Waals surface area contributed by atoms with Crippen LogP contribution in [0.1, 0.15) is 16.7 Å². The average Bonchev–Trinajstić information content (AvgIpc) is 2.69. The second-order valence-corrected chi connectivity index (χ2v) is 6.37. The maximum atomic E-state index is 14.3. The molecular formula is C22H16F2N2O3. The Kier molecular flexibility index (Phi) is 5.84. The average molecular weight is 394 g/mol. The summed E-state index contributed by atoms with van der Waals surface area (Å²) < 4.78 is 33.8. The van der Waals surface area contributed by atoms with Gasteiger partial charge in [0.1, 0.15) is 18.2 Å². The smallest absolute Gasteiger partial charge is 0.307 e. The van der Waals surface area contributed by atoms with Gasteiger partial charge >= 0.3 is 5.97 Å². The summed E-state index contributed by atoms with van der Waals surface area (Å²) in [6.07, 6.45) is -0.401. The summed E-state index contributed by atoms with van der Waals surface area (Å²) in [6, 6.07) is 11.8. The van der Waals surface area contributed by atoms with Gasteiger partial charge in [-0.2, -0.15) is 0 Å². The van der Waals surface area contributed by atoms with Crippen molar-refractivity contribution < 1.29 is 23.4 Å². The zero-order valence-corrected chi connectivity index (χ0v) is 15.4. The number of nitrogens with zero attached hydrogens (tertiary/aromatic N) is 2. The van der Waals surface area contributed by atoms with Crippen LogP contribution >= 0.6 is 0 Å². The highest BCUT2D eigenvalue weighted by Gasteiger charge is 2.13. The van der Waals surface area contributed by atoms with Crippen molar-refractivity contribution in [3.05, 3.63) is 88.3 Å². The monoisotopic (exact) mass is 394 g/mol. The molecule has 0 aliphatic rings. The zero-order chi connectivity index (χ0) is 21.0. The zero-order valence-electron chi connectivity index (χ0n) is 15.4. The van der Waals surface area contributed by atoms with Crippen molar-refractivity contribution >= 4 is 11.7 Å². The molecule has 0 saturated carbocycles. The Morgan fingerprint density at radius 2 is 1.90 bits per heavy atom. The Balaban J connectivity index is 1.82. The van der Waals surface area contributed by atoms with Gasteiger partial charge in [-0.05, 0) is 36.2 Å². The fraction of sp³-hybridized carbons (Fsp3) is 0.136. The Morgan fingerprint density at radius 1 is 1.14 bits per heavy atom. The first kappa shape index (κ1) is 20.0. The van der Waals surface area contributed by atoms with E-state index in [-0.39, 0.29) is 29.3 Å². The number of hydrogen-bond acceptors (Lipinski definition) is 3. The minimum Gasteiger partial charge on any atom is -0.481 e. The van der Waals surface area contributed by atoms with Gasteiger partial charge in [-0.3, -0.25) is 4.79 Å². The van der Waals surface area contributed by atoms with Crippen LogP contribution in [0.25, 0.3) is 16.1 Å².